The minimum Gasteiger partial charge on any atom is -0.385 e. The summed E-state index contributed by atoms with van der Waals surface area (Å²) in [7, 11) is 1.66. The van der Waals surface area contributed by atoms with E-state index >= 15 is 0 Å². The summed E-state index contributed by atoms with van der Waals surface area (Å²) in [6.45, 7) is 1.23. The first kappa shape index (κ1) is 14.5. The average Bonchev–Trinajstić information content (AvgIpc) is 2.63. The Morgan fingerprint density at radius 1 is 1.36 bits per heavy atom. The Kier molecular flexibility index (Phi) is 4.02. The topological polar surface area (TPSA) is 81.3 Å². The van der Waals surface area contributed by atoms with Crippen LogP contribution in [0.2, 0.25) is 0 Å². The number of hydrogen-bond donors (Lipinski definition) is 1. The molecule has 1 aromatic carbocycles. The van der Waals surface area contributed by atoms with E-state index in [1.165, 1.54) is 0 Å². The van der Waals surface area contributed by atoms with Gasteiger partial charge in [-0.25, -0.2) is 9.97 Å². The molecule has 3 rings (SSSR count). The SMILES string of the molecule is COCCCN1C(=O)Cc2cnc(N)nc2-c2ccccc21. The van der Waals surface area contributed by atoms with Gasteiger partial charge in [0.15, 0.2) is 0 Å². The number of carbonyl (C=O) groups excluding carboxylic acids is 1. The number of nitrogens with two attached hydrogens (primary N) is 1. The lowest BCUT2D eigenvalue weighted by Gasteiger charge is -2.22. The molecule has 1 aromatic heterocycles. The molecule has 1 aliphatic rings. The van der Waals surface area contributed by atoms with Gasteiger partial charge in [-0.15, -0.1) is 0 Å². The van der Waals surface area contributed by atoms with Crippen molar-refractivity contribution in [1.82, 2.24) is 9.97 Å². The Balaban J connectivity index is 2.07. The van der Waals surface area contributed by atoms with Gasteiger partial charge in [0.25, 0.3) is 0 Å². The summed E-state index contributed by atoms with van der Waals surface area (Å²) in [6, 6.07) is 7.75. The molecule has 22 heavy (non-hydrogen) atoms. The molecule has 0 unspecified atom stereocenters. The highest BCUT2D eigenvalue weighted by Gasteiger charge is 2.26. The highest BCUT2D eigenvalue weighted by molar-refractivity contribution is 6.01. The lowest BCUT2D eigenvalue weighted by atomic mass is 10.1. The number of hydrogen-bond acceptors (Lipinski definition) is 5. The molecule has 6 heteroatoms. The minimum atomic E-state index is 0.0377. The van der Waals surface area contributed by atoms with Crippen LogP contribution in [0.15, 0.2) is 30.5 Å². The third kappa shape index (κ3) is 2.65. The molecule has 0 saturated heterocycles. The van der Waals surface area contributed by atoms with E-state index in [2.05, 4.69) is 9.97 Å². The number of benzene rings is 1. The Labute approximate surface area is 128 Å². The Morgan fingerprint density at radius 2 is 2.18 bits per heavy atom. The second kappa shape index (κ2) is 6.11. The number of nitrogens with zero attached hydrogens (tertiary/aromatic N) is 3. The third-order valence-corrected chi connectivity index (χ3v) is 3.71. The molecule has 0 spiro atoms. The zero-order valence-electron chi connectivity index (χ0n) is 12.5. The number of para-hydroxylation sites is 1. The molecule has 0 radical (unpaired) electrons. The number of aromatic nitrogens is 2. The second-order valence-electron chi connectivity index (χ2n) is 5.19. The molecule has 0 aliphatic carbocycles. The van der Waals surface area contributed by atoms with Crippen molar-refractivity contribution < 1.29 is 9.53 Å². The van der Waals surface area contributed by atoms with Gasteiger partial charge in [0.1, 0.15) is 0 Å². The molecule has 0 fully saturated rings. The van der Waals surface area contributed by atoms with Crippen LogP contribution < -0.4 is 10.6 Å². The zero-order chi connectivity index (χ0) is 15.5. The fourth-order valence-corrected chi connectivity index (χ4v) is 2.70. The first-order valence-corrected chi connectivity index (χ1v) is 7.21. The fourth-order valence-electron chi connectivity index (χ4n) is 2.70. The minimum absolute atomic E-state index is 0.0377. The van der Waals surface area contributed by atoms with Gasteiger partial charge in [-0.3, -0.25) is 4.79 Å². The number of amides is 1. The summed E-state index contributed by atoms with van der Waals surface area (Å²) in [6.07, 6.45) is 2.70. The van der Waals surface area contributed by atoms with Gasteiger partial charge in [-0.1, -0.05) is 18.2 Å². The lowest BCUT2D eigenvalue weighted by molar-refractivity contribution is -0.118. The maximum atomic E-state index is 12.6. The maximum Gasteiger partial charge on any atom is 0.231 e. The van der Waals surface area contributed by atoms with Crippen LogP contribution in [0.1, 0.15) is 12.0 Å². The van der Waals surface area contributed by atoms with Gasteiger partial charge in [0.2, 0.25) is 11.9 Å². The third-order valence-electron chi connectivity index (χ3n) is 3.71. The highest BCUT2D eigenvalue weighted by Crippen LogP contribution is 2.35. The summed E-state index contributed by atoms with van der Waals surface area (Å²) in [4.78, 5) is 22.8. The summed E-state index contributed by atoms with van der Waals surface area (Å²) >= 11 is 0. The van der Waals surface area contributed by atoms with Crippen molar-refractivity contribution in [3.63, 3.8) is 0 Å². The van der Waals surface area contributed by atoms with Gasteiger partial charge in [0, 0.05) is 37.6 Å². The molecule has 1 amide bonds. The highest BCUT2D eigenvalue weighted by atomic mass is 16.5. The van der Waals surface area contributed by atoms with Crippen LogP contribution in [0.5, 0.6) is 0 Å². The monoisotopic (exact) mass is 298 g/mol. The van der Waals surface area contributed by atoms with Crippen molar-refractivity contribution in [1.29, 1.82) is 0 Å². The summed E-state index contributed by atoms with van der Waals surface area (Å²) in [5.74, 6) is 0.254. The van der Waals surface area contributed by atoms with Crippen LogP contribution in [0, 0.1) is 0 Å². The molecule has 114 valence electrons. The lowest BCUT2D eigenvalue weighted by Crippen LogP contribution is -2.33. The van der Waals surface area contributed by atoms with Crippen molar-refractivity contribution in [3.8, 4) is 11.3 Å². The van der Waals surface area contributed by atoms with Gasteiger partial charge in [-0.2, -0.15) is 0 Å². The Hall–Kier alpha value is -2.47. The van der Waals surface area contributed by atoms with E-state index in [1.54, 1.807) is 18.2 Å². The standard InChI is InChI=1S/C16H18N4O2/c1-22-8-4-7-20-13-6-3-2-5-12(13)15-11(9-14(20)21)10-18-16(17)19-15/h2-3,5-6,10H,4,7-9H2,1H3,(H2,17,18,19). The van der Waals surface area contributed by atoms with Gasteiger partial charge in [0.05, 0.1) is 17.8 Å². The Morgan fingerprint density at radius 3 is 3.00 bits per heavy atom. The number of carbonyl (C=O) groups is 1. The van der Waals surface area contributed by atoms with Gasteiger partial charge >= 0.3 is 0 Å². The molecule has 1 aliphatic heterocycles. The van der Waals surface area contributed by atoms with Crippen molar-refractivity contribution in [2.24, 2.45) is 0 Å². The van der Waals surface area contributed by atoms with Gasteiger partial charge < -0.3 is 15.4 Å². The first-order chi connectivity index (χ1) is 10.7. The summed E-state index contributed by atoms with van der Waals surface area (Å²) in [5, 5.41) is 0. The smallest absolute Gasteiger partial charge is 0.231 e. The number of anilines is 2. The van der Waals surface area contributed by atoms with Crippen LogP contribution in [-0.2, 0) is 16.0 Å². The Bertz CT molecular complexity index is 702. The van der Waals surface area contributed by atoms with Crippen LogP contribution in [0.4, 0.5) is 11.6 Å². The van der Waals surface area contributed by atoms with E-state index in [0.717, 1.165) is 28.9 Å². The molecule has 6 nitrogen and oxygen atoms in total. The van der Waals surface area contributed by atoms with Crippen LogP contribution in [0.25, 0.3) is 11.3 Å². The molecular weight excluding hydrogens is 280 g/mol. The van der Waals surface area contributed by atoms with E-state index in [0.29, 0.717) is 13.2 Å². The molecular formula is C16H18N4O2. The van der Waals surface area contributed by atoms with Gasteiger partial charge in [-0.05, 0) is 12.5 Å². The zero-order valence-corrected chi connectivity index (χ0v) is 12.5. The van der Waals surface area contributed by atoms with E-state index in [4.69, 9.17) is 10.5 Å². The molecule has 0 bridgehead atoms. The molecule has 0 atom stereocenters. The van der Waals surface area contributed by atoms with Crippen molar-refractivity contribution in [2.75, 3.05) is 30.9 Å². The van der Waals surface area contributed by atoms with Crippen LogP contribution in [0.3, 0.4) is 0 Å². The predicted octanol–water partition coefficient (Wildman–Crippen LogP) is 1.65. The van der Waals surface area contributed by atoms with Crippen LogP contribution in [-0.4, -0.2) is 36.1 Å². The maximum absolute atomic E-state index is 12.6. The largest absolute Gasteiger partial charge is 0.385 e. The van der Waals surface area contributed by atoms with E-state index in [1.807, 2.05) is 24.3 Å². The molecule has 0 saturated carbocycles. The molecule has 2 N–H and O–H groups in total. The normalized spacial score (nSPS) is 13.5. The second-order valence-corrected chi connectivity index (χ2v) is 5.19. The van der Waals surface area contributed by atoms with Crippen molar-refractivity contribution in [2.45, 2.75) is 12.8 Å². The van der Waals surface area contributed by atoms with Crippen molar-refractivity contribution >= 4 is 17.5 Å². The quantitative estimate of drug-likeness (QED) is 0.868. The number of nitrogen functional groups attached to an aromatic ring is 1. The van der Waals surface area contributed by atoms with E-state index in [9.17, 15) is 4.79 Å². The van der Waals surface area contributed by atoms with E-state index < -0.39 is 0 Å². The average molecular weight is 298 g/mol. The molecule has 2 heterocycles. The fraction of sp³-hybridized carbons (Fsp3) is 0.312. The molecule has 2 aromatic rings. The predicted molar refractivity (Wildman–Crippen MR) is 84.4 cm³/mol. The number of rotatable bonds is 4. The number of methoxy groups -OCH3 is 1. The summed E-state index contributed by atoms with van der Waals surface area (Å²) in [5.41, 5.74) is 9.04. The number of ether oxygens (including phenoxy) is 1. The van der Waals surface area contributed by atoms with Crippen LogP contribution >= 0.6 is 0 Å². The number of fused-ring (bicyclic) bond motifs is 3. The van der Waals surface area contributed by atoms with Crippen molar-refractivity contribution in [3.05, 3.63) is 36.0 Å². The summed E-state index contributed by atoms with van der Waals surface area (Å²) < 4.78 is 5.09. The van der Waals surface area contributed by atoms with E-state index in [-0.39, 0.29) is 18.3 Å². The first-order valence-electron chi connectivity index (χ1n) is 7.21.